The van der Waals surface area contributed by atoms with E-state index >= 15 is 0 Å². The molecule has 4 heterocycles. The molecule has 0 saturated carbocycles. The van der Waals surface area contributed by atoms with Gasteiger partial charge < -0.3 is 0 Å². The zero-order chi connectivity index (χ0) is 31.2. The van der Waals surface area contributed by atoms with Gasteiger partial charge in [0.15, 0.2) is 17.5 Å². The maximum absolute atomic E-state index is 4.93. The minimum atomic E-state index is 0.584. The highest BCUT2D eigenvalue weighted by atomic mass is 32.1. The fourth-order valence-electron chi connectivity index (χ4n) is 5.63. The largest absolute Gasteiger partial charge is 0.241 e. The lowest BCUT2D eigenvalue weighted by Gasteiger charge is -2.09. The minimum Gasteiger partial charge on any atom is -0.241 e. The Bertz CT molecular complexity index is 2550. The van der Waals surface area contributed by atoms with Crippen LogP contribution >= 0.6 is 11.3 Å². The Labute approximate surface area is 272 Å². The molecule has 0 aliphatic heterocycles. The monoisotopic (exact) mass is 622 g/mol. The molecule has 0 N–H and O–H groups in total. The number of aromatic nitrogens is 8. The van der Waals surface area contributed by atoms with Crippen molar-refractivity contribution in [3.05, 3.63) is 133 Å². The smallest absolute Gasteiger partial charge is 0.164 e. The van der Waals surface area contributed by atoms with Gasteiger partial charge in [-0.2, -0.15) is 0 Å². The van der Waals surface area contributed by atoms with Crippen molar-refractivity contribution in [1.82, 2.24) is 40.3 Å². The summed E-state index contributed by atoms with van der Waals surface area (Å²) in [4.78, 5) is 25.2. The number of hydrogen-bond acceptors (Lipinski definition) is 9. The van der Waals surface area contributed by atoms with Crippen LogP contribution in [0, 0.1) is 0 Å². The second-order valence-electron chi connectivity index (χ2n) is 11.0. The van der Waals surface area contributed by atoms with E-state index in [-0.39, 0.29) is 0 Å². The molecule has 47 heavy (non-hydrogen) atoms. The summed E-state index contributed by atoms with van der Waals surface area (Å²) in [5, 5.41) is 12.9. The molecule has 4 aromatic heterocycles. The van der Waals surface area contributed by atoms with E-state index in [1.807, 2.05) is 97.1 Å². The highest BCUT2D eigenvalue weighted by molar-refractivity contribution is 7.25. The zero-order valence-electron chi connectivity index (χ0n) is 24.7. The van der Waals surface area contributed by atoms with Crippen LogP contribution in [0.25, 0.3) is 88.1 Å². The van der Waals surface area contributed by atoms with E-state index in [1.165, 1.54) is 11.3 Å². The molecule has 5 aromatic carbocycles. The molecule has 0 spiro atoms. The van der Waals surface area contributed by atoms with Crippen LogP contribution < -0.4 is 0 Å². The van der Waals surface area contributed by atoms with Crippen LogP contribution in [0.15, 0.2) is 133 Å². The second-order valence-corrected chi connectivity index (χ2v) is 12.0. The van der Waals surface area contributed by atoms with E-state index in [1.54, 1.807) is 0 Å². The predicted octanol–water partition coefficient (Wildman–Crippen LogP) is 8.70. The lowest BCUT2D eigenvalue weighted by Crippen LogP contribution is -2.00. The SMILES string of the molecule is c1ccc(-c2ccc(-c3nc(-c4ccccc4)nc(-c4ccc(-c5nnnc6c5sc5nc7ccccc7nc56)cc4)n3)cc2)cc1. The Hall–Kier alpha value is -6.32. The third-order valence-electron chi connectivity index (χ3n) is 8.02. The van der Waals surface area contributed by atoms with Crippen LogP contribution in [0.3, 0.4) is 0 Å². The standard InChI is InChI=1S/C38H22N8S/c1-3-9-23(10-4-1)24-15-19-27(20-16-24)36-41-35(26-11-5-2-6-12-26)42-37(43-36)28-21-17-25(18-22-28)31-34-32(45-46-44-31)33-38(47-34)40-30-14-8-7-13-29(30)39-33/h1-22H. The van der Waals surface area contributed by atoms with Crippen LogP contribution in [-0.4, -0.2) is 40.3 Å². The van der Waals surface area contributed by atoms with Gasteiger partial charge in [-0.3, -0.25) is 0 Å². The summed E-state index contributed by atoms with van der Waals surface area (Å²) in [6, 6.07) is 44.5. The molecule has 9 aromatic rings. The van der Waals surface area contributed by atoms with Crippen LogP contribution in [0.1, 0.15) is 0 Å². The minimum absolute atomic E-state index is 0.584. The van der Waals surface area contributed by atoms with Crippen LogP contribution in [0.2, 0.25) is 0 Å². The molecule has 8 nitrogen and oxygen atoms in total. The van der Waals surface area contributed by atoms with Crippen LogP contribution in [-0.2, 0) is 0 Å². The molecule has 0 atom stereocenters. The maximum Gasteiger partial charge on any atom is 0.164 e. The van der Waals surface area contributed by atoms with E-state index in [9.17, 15) is 0 Å². The normalized spacial score (nSPS) is 11.4. The van der Waals surface area contributed by atoms with Gasteiger partial charge in [-0.1, -0.05) is 121 Å². The van der Waals surface area contributed by atoms with E-state index in [2.05, 4.69) is 51.8 Å². The average molecular weight is 623 g/mol. The van der Waals surface area contributed by atoms with Gasteiger partial charge in [-0.25, -0.2) is 24.9 Å². The molecule has 0 unspecified atom stereocenters. The van der Waals surface area contributed by atoms with Gasteiger partial charge in [-0.05, 0) is 28.5 Å². The Morgan fingerprint density at radius 1 is 0.362 bits per heavy atom. The third kappa shape index (κ3) is 4.95. The Balaban J connectivity index is 1.11. The molecule has 9 heteroatoms. The first kappa shape index (κ1) is 27.0. The third-order valence-corrected chi connectivity index (χ3v) is 9.08. The van der Waals surface area contributed by atoms with E-state index in [0.717, 1.165) is 65.2 Å². The summed E-state index contributed by atoms with van der Waals surface area (Å²) in [6.45, 7) is 0. The molecule has 0 fully saturated rings. The van der Waals surface area contributed by atoms with Crippen molar-refractivity contribution in [1.29, 1.82) is 0 Å². The summed E-state index contributed by atoms with van der Waals surface area (Å²) >= 11 is 1.53. The molecular formula is C38H22N8S. The maximum atomic E-state index is 4.93. The summed E-state index contributed by atoms with van der Waals surface area (Å²) < 4.78 is 0.894. The topological polar surface area (TPSA) is 103 Å². The zero-order valence-corrected chi connectivity index (χ0v) is 25.5. The van der Waals surface area contributed by atoms with Gasteiger partial charge in [0.2, 0.25) is 0 Å². The number of rotatable bonds is 5. The fraction of sp³-hybridized carbons (Fsp3) is 0. The van der Waals surface area contributed by atoms with Crippen molar-refractivity contribution in [2.75, 3.05) is 0 Å². The van der Waals surface area contributed by atoms with E-state index in [4.69, 9.17) is 24.9 Å². The van der Waals surface area contributed by atoms with Gasteiger partial charge >= 0.3 is 0 Å². The summed E-state index contributed by atoms with van der Waals surface area (Å²) in [7, 11) is 0. The molecule has 0 bridgehead atoms. The van der Waals surface area contributed by atoms with Crippen molar-refractivity contribution in [2.24, 2.45) is 0 Å². The molecule has 0 saturated heterocycles. The molecule has 220 valence electrons. The van der Waals surface area contributed by atoms with Crippen molar-refractivity contribution in [2.45, 2.75) is 0 Å². The van der Waals surface area contributed by atoms with E-state index < -0.39 is 0 Å². The lowest BCUT2D eigenvalue weighted by atomic mass is 10.0. The number of thiophene rings is 1. The Kier molecular flexibility index (Phi) is 6.46. The molecular weight excluding hydrogens is 601 g/mol. The van der Waals surface area contributed by atoms with Gasteiger partial charge in [0.1, 0.15) is 21.6 Å². The second kappa shape index (κ2) is 11.2. The number of hydrogen-bond donors (Lipinski definition) is 0. The fourth-order valence-corrected chi connectivity index (χ4v) is 6.70. The first-order chi connectivity index (χ1) is 23.3. The average Bonchev–Trinajstić information content (AvgIpc) is 3.52. The molecule has 0 aliphatic carbocycles. The number of para-hydroxylation sites is 2. The van der Waals surface area contributed by atoms with Crippen molar-refractivity contribution in [3.8, 4) is 56.5 Å². The van der Waals surface area contributed by atoms with Crippen LogP contribution in [0.5, 0.6) is 0 Å². The molecule has 9 rings (SSSR count). The van der Waals surface area contributed by atoms with Crippen LogP contribution in [0.4, 0.5) is 0 Å². The Morgan fingerprint density at radius 3 is 1.45 bits per heavy atom. The van der Waals surface area contributed by atoms with Crippen molar-refractivity contribution in [3.63, 3.8) is 0 Å². The number of fused-ring (bicyclic) bond motifs is 4. The molecule has 0 aliphatic rings. The van der Waals surface area contributed by atoms with E-state index in [0.29, 0.717) is 23.0 Å². The van der Waals surface area contributed by atoms with Crippen molar-refractivity contribution >= 4 is 42.9 Å². The highest BCUT2D eigenvalue weighted by Crippen LogP contribution is 2.37. The quantitative estimate of drug-likeness (QED) is 0.188. The first-order valence-electron chi connectivity index (χ1n) is 15.0. The summed E-state index contributed by atoms with van der Waals surface area (Å²) in [5.41, 5.74) is 9.72. The summed E-state index contributed by atoms with van der Waals surface area (Å²) in [5.74, 6) is 1.80. The number of nitrogens with zero attached hydrogens (tertiary/aromatic N) is 8. The number of benzene rings is 5. The highest BCUT2D eigenvalue weighted by Gasteiger charge is 2.18. The van der Waals surface area contributed by atoms with Gasteiger partial charge in [0.05, 0.1) is 15.7 Å². The van der Waals surface area contributed by atoms with Gasteiger partial charge in [0.25, 0.3) is 0 Å². The molecule has 0 amide bonds. The predicted molar refractivity (Wildman–Crippen MR) is 186 cm³/mol. The summed E-state index contributed by atoms with van der Waals surface area (Å²) in [6.07, 6.45) is 0. The molecule has 0 radical (unpaired) electrons. The Morgan fingerprint density at radius 2 is 0.830 bits per heavy atom. The van der Waals surface area contributed by atoms with Crippen molar-refractivity contribution < 1.29 is 0 Å². The lowest BCUT2D eigenvalue weighted by molar-refractivity contribution is 0.904. The van der Waals surface area contributed by atoms with Gasteiger partial charge in [0, 0.05) is 22.3 Å². The van der Waals surface area contributed by atoms with Gasteiger partial charge in [-0.15, -0.1) is 21.5 Å². The first-order valence-corrected chi connectivity index (χ1v) is 15.8.